The number of carbonyl (C=O) groups excluding carboxylic acids is 2. The van der Waals surface area contributed by atoms with E-state index < -0.39 is 0 Å². The van der Waals surface area contributed by atoms with Crippen molar-refractivity contribution < 1.29 is 18.7 Å². The molecule has 1 aromatic carbocycles. The van der Waals surface area contributed by atoms with E-state index >= 15 is 0 Å². The minimum absolute atomic E-state index is 0.0583. The first-order valence-corrected chi connectivity index (χ1v) is 11.5. The largest absolute Gasteiger partial charge is 0.467 e. The van der Waals surface area contributed by atoms with E-state index in [-0.39, 0.29) is 18.5 Å². The summed E-state index contributed by atoms with van der Waals surface area (Å²) in [6.07, 6.45) is 4.14. The number of nitrogens with one attached hydrogen (secondary N) is 1. The Bertz CT molecular complexity index is 1020. The molecule has 0 saturated heterocycles. The minimum atomic E-state index is -0.335. The van der Waals surface area contributed by atoms with Gasteiger partial charge in [0.2, 0.25) is 5.91 Å². The van der Waals surface area contributed by atoms with Crippen LogP contribution in [0.1, 0.15) is 17.9 Å². The summed E-state index contributed by atoms with van der Waals surface area (Å²) in [7, 11) is 3.55. The highest BCUT2D eigenvalue weighted by molar-refractivity contribution is 9.10. The molecule has 33 heavy (non-hydrogen) atoms. The third-order valence-electron chi connectivity index (χ3n) is 5.17. The Labute approximate surface area is 202 Å². The number of anilines is 1. The van der Waals surface area contributed by atoms with Crippen LogP contribution in [-0.2, 0) is 29.7 Å². The summed E-state index contributed by atoms with van der Waals surface area (Å²) in [6, 6.07) is 14.5. The Morgan fingerprint density at radius 3 is 2.52 bits per heavy atom. The van der Waals surface area contributed by atoms with Crippen LogP contribution < -0.4 is 5.32 Å². The molecule has 0 aliphatic carbocycles. The number of urea groups is 1. The number of amides is 3. The van der Waals surface area contributed by atoms with E-state index in [0.717, 1.165) is 10.2 Å². The number of halogens is 1. The first-order chi connectivity index (χ1) is 16.0. The highest BCUT2D eigenvalue weighted by atomic mass is 79.9. The van der Waals surface area contributed by atoms with Gasteiger partial charge < -0.3 is 28.8 Å². The van der Waals surface area contributed by atoms with Crippen LogP contribution in [0.25, 0.3) is 0 Å². The van der Waals surface area contributed by atoms with Crippen molar-refractivity contribution in [3.8, 4) is 0 Å². The minimum Gasteiger partial charge on any atom is -0.467 e. The van der Waals surface area contributed by atoms with Gasteiger partial charge >= 0.3 is 6.03 Å². The quantitative estimate of drug-likeness (QED) is 0.381. The summed E-state index contributed by atoms with van der Waals surface area (Å²) in [5.74, 6) is 0.513. The van der Waals surface area contributed by atoms with Crippen molar-refractivity contribution in [1.29, 1.82) is 0 Å². The highest BCUT2D eigenvalue weighted by Crippen LogP contribution is 2.16. The fourth-order valence-corrected chi connectivity index (χ4v) is 3.59. The van der Waals surface area contributed by atoms with Crippen molar-refractivity contribution in [2.45, 2.75) is 19.5 Å². The molecule has 3 aromatic rings. The summed E-state index contributed by atoms with van der Waals surface area (Å²) in [6.45, 7) is 1.55. The second-order valence-electron chi connectivity index (χ2n) is 7.64. The number of aromatic nitrogens is 1. The molecule has 3 rings (SSSR count). The Hall–Kier alpha value is -3.04. The maximum Gasteiger partial charge on any atom is 0.322 e. The van der Waals surface area contributed by atoms with Crippen LogP contribution in [0, 0.1) is 0 Å². The van der Waals surface area contributed by atoms with Crippen LogP contribution in [0.3, 0.4) is 0 Å². The van der Waals surface area contributed by atoms with Gasteiger partial charge in [0.1, 0.15) is 12.3 Å². The molecule has 2 heterocycles. The first kappa shape index (κ1) is 24.6. The zero-order chi connectivity index (χ0) is 23.6. The normalized spacial score (nSPS) is 10.8. The maximum atomic E-state index is 13.4. The molecule has 0 atom stereocenters. The van der Waals surface area contributed by atoms with Crippen LogP contribution in [0.5, 0.6) is 0 Å². The number of hydrogen-bond donors (Lipinski definition) is 1. The molecule has 8 nitrogen and oxygen atoms in total. The van der Waals surface area contributed by atoms with E-state index in [4.69, 9.17) is 9.15 Å². The van der Waals surface area contributed by atoms with Crippen LogP contribution in [0.4, 0.5) is 10.5 Å². The van der Waals surface area contributed by atoms with Gasteiger partial charge in [-0.2, -0.15) is 0 Å². The maximum absolute atomic E-state index is 13.4. The van der Waals surface area contributed by atoms with Crippen molar-refractivity contribution >= 4 is 33.6 Å². The van der Waals surface area contributed by atoms with Gasteiger partial charge in [-0.3, -0.25) is 4.79 Å². The Balaban J connectivity index is 1.73. The fourth-order valence-electron chi connectivity index (χ4n) is 3.33. The zero-order valence-electron chi connectivity index (χ0n) is 18.9. The Morgan fingerprint density at radius 2 is 1.88 bits per heavy atom. The predicted molar refractivity (Wildman–Crippen MR) is 130 cm³/mol. The fraction of sp³-hybridized carbons (Fsp3) is 0.333. The molecule has 176 valence electrons. The van der Waals surface area contributed by atoms with Gasteiger partial charge in [0.05, 0.1) is 19.4 Å². The molecule has 0 bridgehead atoms. The van der Waals surface area contributed by atoms with Gasteiger partial charge in [-0.15, -0.1) is 0 Å². The SMILES string of the molecule is COCCCN(CC(=O)N(Cc1ccco1)Cc1cccn1C)C(=O)Nc1ccc(Br)cc1. The van der Waals surface area contributed by atoms with E-state index in [1.165, 1.54) is 4.90 Å². The number of carbonyl (C=O) groups is 2. The van der Waals surface area contributed by atoms with Crippen LogP contribution in [0.15, 0.2) is 69.9 Å². The van der Waals surface area contributed by atoms with Gasteiger partial charge in [-0.25, -0.2) is 4.79 Å². The van der Waals surface area contributed by atoms with E-state index in [1.54, 1.807) is 36.5 Å². The summed E-state index contributed by atoms with van der Waals surface area (Å²) in [4.78, 5) is 29.6. The smallest absolute Gasteiger partial charge is 0.322 e. The molecule has 0 aliphatic rings. The number of furan rings is 1. The molecule has 0 unspecified atom stereocenters. The van der Waals surface area contributed by atoms with Gasteiger partial charge in [-0.05, 0) is 55.0 Å². The van der Waals surface area contributed by atoms with Crippen molar-refractivity contribution in [2.24, 2.45) is 7.05 Å². The monoisotopic (exact) mass is 516 g/mol. The number of benzene rings is 1. The van der Waals surface area contributed by atoms with Gasteiger partial charge in [0.15, 0.2) is 0 Å². The molecule has 9 heteroatoms. The highest BCUT2D eigenvalue weighted by Gasteiger charge is 2.23. The summed E-state index contributed by atoms with van der Waals surface area (Å²) in [5.41, 5.74) is 1.64. The van der Waals surface area contributed by atoms with Crippen molar-refractivity contribution in [3.05, 3.63) is 76.9 Å². The number of ether oxygens (including phenoxy) is 1. The summed E-state index contributed by atoms with van der Waals surface area (Å²) < 4.78 is 13.5. The lowest BCUT2D eigenvalue weighted by atomic mass is 10.3. The van der Waals surface area contributed by atoms with Gasteiger partial charge in [0.25, 0.3) is 0 Å². The number of aryl methyl sites for hydroxylation is 1. The second kappa shape index (κ2) is 12.3. The Kier molecular flexibility index (Phi) is 9.14. The predicted octanol–water partition coefficient (Wildman–Crippen LogP) is 4.48. The van der Waals surface area contributed by atoms with Crippen LogP contribution in [-0.4, -0.2) is 53.1 Å². The van der Waals surface area contributed by atoms with Crippen molar-refractivity contribution in [1.82, 2.24) is 14.4 Å². The molecule has 2 aromatic heterocycles. The standard InChI is InChI=1S/C24H29BrN4O4/c1-27-12-3-6-21(27)16-29(17-22-7-4-15-33-22)23(30)18-28(13-5-14-32-2)24(31)26-20-10-8-19(25)9-11-20/h3-4,6-12,15H,5,13-14,16-18H2,1-2H3,(H,26,31). The first-order valence-electron chi connectivity index (χ1n) is 10.7. The van der Waals surface area contributed by atoms with E-state index in [1.807, 2.05) is 48.1 Å². The average Bonchev–Trinajstić information content (AvgIpc) is 3.46. The third-order valence-corrected chi connectivity index (χ3v) is 5.70. The second-order valence-corrected chi connectivity index (χ2v) is 8.56. The molecular weight excluding hydrogens is 488 g/mol. The molecule has 0 fully saturated rings. The lowest BCUT2D eigenvalue weighted by molar-refractivity contribution is -0.133. The number of nitrogens with zero attached hydrogens (tertiary/aromatic N) is 3. The number of hydrogen-bond acceptors (Lipinski definition) is 4. The number of methoxy groups -OCH3 is 1. The van der Waals surface area contributed by atoms with E-state index in [2.05, 4.69) is 21.2 Å². The molecule has 0 saturated carbocycles. The molecule has 0 radical (unpaired) electrons. The van der Waals surface area contributed by atoms with Gasteiger partial charge in [0, 0.05) is 49.4 Å². The molecule has 3 amide bonds. The third kappa shape index (κ3) is 7.50. The average molecular weight is 517 g/mol. The van der Waals surface area contributed by atoms with Crippen LogP contribution in [0.2, 0.25) is 0 Å². The van der Waals surface area contributed by atoms with E-state index in [0.29, 0.717) is 44.1 Å². The molecule has 0 aliphatic heterocycles. The van der Waals surface area contributed by atoms with Crippen LogP contribution >= 0.6 is 15.9 Å². The molecule has 0 spiro atoms. The van der Waals surface area contributed by atoms with Gasteiger partial charge in [-0.1, -0.05) is 15.9 Å². The summed E-state index contributed by atoms with van der Waals surface area (Å²) in [5, 5.41) is 2.87. The van der Waals surface area contributed by atoms with Crippen molar-refractivity contribution in [2.75, 3.05) is 32.1 Å². The summed E-state index contributed by atoms with van der Waals surface area (Å²) >= 11 is 3.39. The lowest BCUT2D eigenvalue weighted by Crippen LogP contribution is -2.44. The Morgan fingerprint density at radius 1 is 1.09 bits per heavy atom. The van der Waals surface area contributed by atoms with E-state index in [9.17, 15) is 9.59 Å². The molecule has 1 N–H and O–H groups in total. The topological polar surface area (TPSA) is 80.0 Å². The number of rotatable bonds is 11. The van der Waals surface area contributed by atoms with Crippen molar-refractivity contribution in [3.63, 3.8) is 0 Å². The molecular formula is C24H29BrN4O4. The zero-order valence-corrected chi connectivity index (χ0v) is 20.5. The lowest BCUT2D eigenvalue weighted by Gasteiger charge is -2.27.